The summed E-state index contributed by atoms with van der Waals surface area (Å²) in [5.74, 6) is 0.969. The quantitative estimate of drug-likeness (QED) is 0.894. The molecule has 3 N–H and O–H groups in total. The molecule has 3 rings (SSSR count). The lowest BCUT2D eigenvalue weighted by Gasteiger charge is -2.09. The van der Waals surface area contributed by atoms with E-state index in [9.17, 15) is 13.2 Å². The lowest BCUT2D eigenvalue weighted by Crippen LogP contribution is -2.18. The van der Waals surface area contributed by atoms with Crippen molar-refractivity contribution in [1.82, 2.24) is 0 Å². The van der Waals surface area contributed by atoms with Gasteiger partial charge in [-0.2, -0.15) is 0 Å². The fourth-order valence-electron chi connectivity index (χ4n) is 3.20. The zero-order chi connectivity index (χ0) is 14.5. The molecule has 2 saturated carbocycles. The number of nitrogens with two attached hydrogens (primary N) is 1. The lowest BCUT2D eigenvalue weighted by molar-refractivity contribution is -0.118. The third kappa shape index (κ3) is 2.43. The van der Waals surface area contributed by atoms with Crippen molar-refractivity contribution in [3.8, 4) is 0 Å². The maximum Gasteiger partial charge on any atom is 0.238 e. The molecule has 2 aliphatic carbocycles. The summed E-state index contributed by atoms with van der Waals surface area (Å²) in [5, 5.41) is 8.09. The molecular weight excluding hydrogens is 300 g/mol. The first kappa shape index (κ1) is 13.9. The Morgan fingerprint density at radius 2 is 1.95 bits per heavy atom. The van der Waals surface area contributed by atoms with E-state index in [-0.39, 0.29) is 16.7 Å². The fraction of sp³-hybridized carbons (Fsp3) is 0.462. The van der Waals surface area contributed by atoms with Gasteiger partial charge in [-0.25, -0.2) is 13.6 Å². The summed E-state index contributed by atoms with van der Waals surface area (Å²) in [6, 6.07) is 4.04. The van der Waals surface area contributed by atoms with Crippen molar-refractivity contribution < 1.29 is 13.2 Å². The second-order valence-electron chi connectivity index (χ2n) is 5.46. The van der Waals surface area contributed by atoms with Crippen LogP contribution in [0.15, 0.2) is 23.1 Å². The van der Waals surface area contributed by atoms with Crippen molar-refractivity contribution in [3.05, 3.63) is 23.2 Å². The third-order valence-corrected chi connectivity index (χ3v) is 5.47. The van der Waals surface area contributed by atoms with Crippen molar-refractivity contribution in [3.63, 3.8) is 0 Å². The molecule has 2 fully saturated rings. The fourth-order valence-corrected chi connectivity index (χ4v) is 3.91. The Morgan fingerprint density at radius 3 is 2.55 bits per heavy atom. The minimum absolute atomic E-state index is 0.0537. The molecule has 20 heavy (non-hydrogen) atoms. The van der Waals surface area contributed by atoms with Gasteiger partial charge in [-0.3, -0.25) is 4.79 Å². The Morgan fingerprint density at radius 1 is 1.30 bits per heavy atom. The predicted octanol–water partition coefficient (Wildman–Crippen LogP) is 1.97. The van der Waals surface area contributed by atoms with Gasteiger partial charge in [0.2, 0.25) is 15.9 Å². The molecule has 0 spiro atoms. The van der Waals surface area contributed by atoms with Crippen LogP contribution >= 0.6 is 11.6 Å². The maximum absolute atomic E-state index is 12.2. The zero-order valence-electron chi connectivity index (χ0n) is 10.7. The van der Waals surface area contributed by atoms with Crippen LogP contribution in [0.2, 0.25) is 5.02 Å². The largest absolute Gasteiger partial charge is 0.324 e. The van der Waals surface area contributed by atoms with Crippen molar-refractivity contribution in [1.29, 1.82) is 0 Å². The number of fused-ring (bicyclic) bond motifs is 1. The van der Waals surface area contributed by atoms with Crippen LogP contribution in [0.4, 0.5) is 5.69 Å². The first-order chi connectivity index (χ1) is 9.38. The molecule has 1 amide bonds. The molecule has 1 aromatic rings. The molecule has 2 aliphatic rings. The molecule has 108 valence electrons. The van der Waals surface area contributed by atoms with Crippen LogP contribution in [0.1, 0.15) is 19.3 Å². The van der Waals surface area contributed by atoms with Gasteiger partial charge in [-0.05, 0) is 42.9 Å². The van der Waals surface area contributed by atoms with Gasteiger partial charge < -0.3 is 5.32 Å². The number of nitrogens with one attached hydrogen (secondary N) is 1. The highest BCUT2D eigenvalue weighted by molar-refractivity contribution is 7.89. The molecule has 2 unspecified atom stereocenters. The molecule has 0 heterocycles. The maximum atomic E-state index is 12.2. The van der Waals surface area contributed by atoms with Crippen LogP contribution in [0.5, 0.6) is 0 Å². The number of hydrogen-bond donors (Lipinski definition) is 2. The Kier molecular flexibility index (Phi) is 3.27. The van der Waals surface area contributed by atoms with Gasteiger partial charge in [0.05, 0.1) is 15.6 Å². The molecule has 0 aromatic heterocycles. The summed E-state index contributed by atoms with van der Waals surface area (Å²) in [5.41, 5.74) is 0.299. The number of carbonyl (C=O) groups excluding carboxylic acids is 1. The number of halogens is 1. The number of sulfonamides is 1. The van der Waals surface area contributed by atoms with Gasteiger partial charge >= 0.3 is 0 Å². The predicted molar refractivity (Wildman–Crippen MR) is 75.8 cm³/mol. The van der Waals surface area contributed by atoms with E-state index < -0.39 is 10.0 Å². The van der Waals surface area contributed by atoms with E-state index in [4.69, 9.17) is 16.7 Å². The number of amides is 1. The Labute approximate surface area is 122 Å². The van der Waals surface area contributed by atoms with E-state index in [2.05, 4.69) is 5.32 Å². The first-order valence-electron chi connectivity index (χ1n) is 6.51. The molecule has 1 aromatic carbocycles. The Balaban J connectivity index is 1.79. The minimum atomic E-state index is -3.81. The SMILES string of the molecule is NS(=O)(=O)c1ccc(Cl)c(NC(=O)C2C3CCCC32)c1. The van der Waals surface area contributed by atoms with Crippen molar-refractivity contribution in [2.75, 3.05) is 5.32 Å². The smallest absolute Gasteiger partial charge is 0.238 e. The monoisotopic (exact) mass is 314 g/mol. The second-order valence-corrected chi connectivity index (χ2v) is 7.43. The van der Waals surface area contributed by atoms with E-state index in [1.54, 1.807) is 0 Å². The van der Waals surface area contributed by atoms with Gasteiger partial charge in [-0.15, -0.1) is 0 Å². The van der Waals surface area contributed by atoms with Gasteiger partial charge in [-0.1, -0.05) is 18.0 Å². The van der Waals surface area contributed by atoms with Crippen molar-refractivity contribution >= 4 is 33.2 Å². The van der Waals surface area contributed by atoms with Crippen LogP contribution in [0, 0.1) is 17.8 Å². The van der Waals surface area contributed by atoms with Crippen LogP contribution in [-0.4, -0.2) is 14.3 Å². The Bertz CT molecular complexity index is 664. The standard InChI is InChI=1S/C13H15ClN2O3S/c14-10-5-4-7(20(15,18)19)6-11(10)16-13(17)12-8-2-1-3-9(8)12/h4-6,8-9,12H,1-3H2,(H,16,17)(H2,15,18,19). The molecular formula is C13H15ClN2O3S. The van der Waals surface area contributed by atoms with Gasteiger partial charge in [0.15, 0.2) is 0 Å². The number of hydrogen-bond acceptors (Lipinski definition) is 3. The number of primary sulfonamides is 1. The summed E-state index contributed by atoms with van der Waals surface area (Å²) >= 11 is 5.99. The minimum Gasteiger partial charge on any atom is -0.324 e. The van der Waals surface area contributed by atoms with E-state index in [0.717, 1.165) is 12.8 Å². The van der Waals surface area contributed by atoms with Crippen molar-refractivity contribution in [2.45, 2.75) is 24.2 Å². The Hall–Kier alpha value is -1.11. The number of benzene rings is 1. The van der Waals surface area contributed by atoms with Crippen LogP contribution in [-0.2, 0) is 14.8 Å². The summed E-state index contributed by atoms with van der Waals surface area (Å²) in [6.45, 7) is 0. The molecule has 0 saturated heterocycles. The van der Waals surface area contributed by atoms with E-state index in [0.29, 0.717) is 22.5 Å². The summed E-state index contributed by atoms with van der Waals surface area (Å²) in [7, 11) is -3.81. The highest BCUT2D eigenvalue weighted by Crippen LogP contribution is 2.57. The lowest BCUT2D eigenvalue weighted by atomic mass is 10.1. The number of carbonyl (C=O) groups is 1. The van der Waals surface area contributed by atoms with Gasteiger partial charge in [0.25, 0.3) is 0 Å². The van der Waals surface area contributed by atoms with Crippen LogP contribution in [0.25, 0.3) is 0 Å². The molecule has 0 aliphatic heterocycles. The van der Waals surface area contributed by atoms with Gasteiger partial charge in [0, 0.05) is 5.92 Å². The second kappa shape index (κ2) is 4.72. The molecule has 7 heteroatoms. The summed E-state index contributed by atoms with van der Waals surface area (Å²) in [6.07, 6.45) is 3.40. The van der Waals surface area contributed by atoms with E-state index in [1.807, 2.05) is 0 Å². The third-order valence-electron chi connectivity index (χ3n) is 4.23. The first-order valence-corrected chi connectivity index (χ1v) is 8.43. The summed E-state index contributed by atoms with van der Waals surface area (Å²) < 4.78 is 22.6. The zero-order valence-corrected chi connectivity index (χ0v) is 12.2. The topological polar surface area (TPSA) is 89.3 Å². The van der Waals surface area contributed by atoms with Crippen LogP contribution in [0.3, 0.4) is 0 Å². The van der Waals surface area contributed by atoms with E-state index >= 15 is 0 Å². The molecule has 0 radical (unpaired) electrons. The molecule has 5 nitrogen and oxygen atoms in total. The highest BCUT2D eigenvalue weighted by Gasteiger charge is 2.56. The average molecular weight is 315 g/mol. The summed E-state index contributed by atoms with van der Waals surface area (Å²) in [4.78, 5) is 12.1. The van der Waals surface area contributed by atoms with Crippen molar-refractivity contribution in [2.24, 2.45) is 22.9 Å². The van der Waals surface area contributed by atoms with Crippen LogP contribution < -0.4 is 10.5 Å². The average Bonchev–Trinajstić information content (AvgIpc) is 2.85. The number of anilines is 1. The normalized spacial score (nSPS) is 28.0. The van der Waals surface area contributed by atoms with E-state index in [1.165, 1.54) is 24.6 Å². The number of rotatable bonds is 3. The molecule has 2 atom stereocenters. The molecule has 0 bridgehead atoms. The highest BCUT2D eigenvalue weighted by atomic mass is 35.5. The van der Waals surface area contributed by atoms with Gasteiger partial charge in [0.1, 0.15) is 0 Å².